The molecular weight excluding hydrogens is 308 g/mol. The zero-order chi connectivity index (χ0) is 16.4. The van der Waals surface area contributed by atoms with E-state index in [4.69, 9.17) is 4.74 Å². The molecule has 122 valence electrons. The summed E-state index contributed by atoms with van der Waals surface area (Å²) in [6.07, 6.45) is 8.33. The Hall–Kier alpha value is -3.03. The number of pyridine rings is 1. The van der Waals surface area contributed by atoms with Crippen molar-refractivity contribution in [3.63, 3.8) is 0 Å². The minimum absolute atomic E-state index is 0.112. The highest BCUT2D eigenvalue weighted by Gasteiger charge is 2.28. The van der Waals surface area contributed by atoms with E-state index in [9.17, 15) is 4.79 Å². The highest BCUT2D eigenvalue weighted by atomic mass is 16.5. The monoisotopic (exact) mass is 324 g/mol. The first kappa shape index (κ1) is 14.6. The summed E-state index contributed by atoms with van der Waals surface area (Å²) in [5.41, 5.74) is 0.463. The Morgan fingerprint density at radius 2 is 2.25 bits per heavy atom. The average molecular weight is 324 g/mol. The third kappa shape index (κ3) is 2.66. The number of esters is 1. The van der Waals surface area contributed by atoms with Crippen LogP contribution in [0.1, 0.15) is 23.2 Å². The van der Waals surface area contributed by atoms with Crippen molar-refractivity contribution >= 4 is 17.6 Å². The largest absolute Gasteiger partial charge is 0.460 e. The summed E-state index contributed by atoms with van der Waals surface area (Å²) < 4.78 is 7.19. The predicted octanol–water partition coefficient (Wildman–Crippen LogP) is 1.35. The second-order valence-electron chi connectivity index (χ2n) is 5.60. The molecule has 3 aromatic heterocycles. The first-order valence-corrected chi connectivity index (χ1v) is 7.81. The number of nitrogens with zero attached hydrogens (tertiary/aromatic N) is 6. The summed E-state index contributed by atoms with van der Waals surface area (Å²) in [6.45, 7) is 1.21. The van der Waals surface area contributed by atoms with Gasteiger partial charge in [-0.15, -0.1) is 0 Å². The fourth-order valence-corrected chi connectivity index (χ4v) is 2.99. The van der Waals surface area contributed by atoms with Gasteiger partial charge in [0.1, 0.15) is 18.8 Å². The van der Waals surface area contributed by atoms with Crippen LogP contribution in [0.15, 0.2) is 43.1 Å². The molecule has 0 aliphatic carbocycles. The maximum atomic E-state index is 12.1. The van der Waals surface area contributed by atoms with E-state index in [1.54, 1.807) is 29.0 Å². The molecule has 1 saturated heterocycles. The number of anilines is 1. The Bertz CT molecular complexity index is 850. The van der Waals surface area contributed by atoms with Crippen molar-refractivity contribution in [3.8, 4) is 0 Å². The normalized spacial score (nSPS) is 17.3. The van der Waals surface area contributed by atoms with Crippen molar-refractivity contribution in [2.24, 2.45) is 0 Å². The molecule has 1 aliphatic heterocycles. The van der Waals surface area contributed by atoms with Crippen molar-refractivity contribution in [2.75, 3.05) is 18.1 Å². The summed E-state index contributed by atoms with van der Waals surface area (Å²) in [5.74, 6) is 1.12. The van der Waals surface area contributed by atoms with Crippen LogP contribution >= 0.6 is 0 Å². The summed E-state index contributed by atoms with van der Waals surface area (Å²) in [4.78, 5) is 26.5. The van der Waals surface area contributed by atoms with Gasteiger partial charge in [0.25, 0.3) is 5.78 Å². The van der Waals surface area contributed by atoms with Crippen LogP contribution in [-0.4, -0.2) is 49.7 Å². The highest BCUT2D eigenvalue weighted by Crippen LogP contribution is 2.25. The molecule has 0 saturated carbocycles. The van der Waals surface area contributed by atoms with Crippen molar-refractivity contribution < 1.29 is 9.53 Å². The van der Waals surface area contributed by atoms with Crippen LogP contribution in [0.25, 0.3) is 5.78 Å². The van der Waals surface area contributed by atoms with Crippen LogP contribution in [0.4, 0.5) is 5.82 Å². The Balaban J connectivity index is 1.49. The van der Waals surface area contributed by atoms with E-state index in [0.29, 0.717) is 17.9 Å². The van der Waals surface area contributed by atoms with E-state index in [1.807, 2.05) is 6.07 Å². The Kier molecular flexibility index (Phi) is 3.78. The zero-order valence-electron chi connectivity index (χ0n) is 12.9. The maximum absolute atomic E-state index is 12.1. The van der Waals surface area contributed by atoms with Gasteiger partial charge in [-0.2, -0.15) is 14.6 Å². The zero-order valence-corrected chi connectivity index (χ0v) is 12.9. The average Bonchev–Trinajstić information content (AvgIpc) is 3.29. The number of rotatable bonds is 4. The lowest BCUT2D eigenvalue weighted by Gasteiger charge is -2.26. The van der Waals surface area contributed by atoms with E-state index in [1.165, 1.54) is 12.5 Å². The predicted molar refractivity (Wildman–Crippen MR) is 85.7 cm³/mol. The first-order chi connectivity index (χ1) is 11.8. The third-order valence-corrected chi connectivity index (χ3v) is 4.14. The molecule has 3 aromatic rings. The van der Waals surface area contributed by atoms with Gasteiger partial charge >= 0.3 is 5.97 Å². The van der Waals surface area contributed by atoms with Crippen LogP contribution in [0.3, 0.4) is 0 Å². The maximum Gasteiger partial charge on any atom is 0.339 e. The Morgan fingerprint density at radius 1 is 1.29 bits per heavy atom. The van der Waals surface area contributed by atoms with Gasteiger partial charge in [0.2, 0.25) is 0 Å². The molecule has 0 amide bonds. The lowest BCUT2D eigenvalue weighted by atomic mass is 10.2. The molecule has 0 bridgehead atoms. The van der Waals surface area contributed by atoms with Crippen molar-refractivity contribution in [3.05, 3.63) is 48.7 Å². The number of fused-ring (bicyclic) bond motifs is 1. The van der Waals surface area contributed by atoms with Gasteiger partial charge in [-0.1, -0.05) is 0 Å². The van der Waals surface area contributed by atoms with Gasteiger partial charge in [-0.25, -0.2) is 9.78 Å². The van der Waals surface area contributed by atoms with Gasteiger partial charge in [-0.05, 0) is 31.0 Å². The number of hydrogen-bond acceptors (Lipinski definition) is 7. The van der Waals surface area contributed by atoms with E-state index < -0.39 is 0 Å². The smallest absolute Gasteiger partial charge is 0.339 e. The lowest BCUT2D eigenvalue weighted by Crippen LogP contribution is -2.35. The Labute approximate surface area is 138 Å². The molecule has 1 aliphatic rings. The molecular formula is C16H16N6O2. The number of carbonyl (C=O) groups is 1. The molecule has 0 radical (unpaired) electrons. The van der Waals surface area contributed by atoms with Gasteiger partial charge in [0, 0.05) is 25.1 Å². The SMILES string of the molecule is O=C(OC[C@H]1CCCN1c1ccnc2ncnn12)c1cccnc1. The standard InChI is InChI=1S/C16H16N6O2/c23-15(12-3-1-6-17-9-12)24-10-13-4-2-8-21(13)14-5-7-18-16-19-11-20-22(14)16/h1,3,5-7,9,11,13H,2,4,8,10H2/t13-/m1/s1. The third-order valence-electron chi connectivity index (χ3n) is 4.14. The van der Waals surface area contributed by atoms with Crippen LogP contribution in [0.2, 0.25) is 0 Å². The molecule has 0 spiro atoms. The van der Waals surface area contributed by atoms with E-state index in [-0.39, 0.29) is 12.0 Å². The van der Waals surface area contributed by atoms with Crippen molar-refractivity contribution in [1.82, 2.24) is 24.6 Å². The van der Waals surface area contributed by atoms with Crippen molar-refractivity contribution in [1.29, 1.82) is 0 Å². The second kappa shape index (κ2) is 6.23. The molecule has 1 fully saturated rings. The van der Waals surface area contributed by atoms with Gasteiger partial charge < -0.3 is 9.64 Å². The first-order valence-electron chi connectivity index (χ1n) is 7.81. The minimum Gasteiger partial charge on any atom is -0.460 e. The van der Waals surface area contributed by atoms with Crippen molar-refractivity contribution in [2.45, 2.75) is 18.9 Å². The fourth-order valence-electron chi connectivity index (χ4n) is 2.99. The van der Waals surface area contributed by atoms with E-state index in [2.05, 4.69) is 25.0 Å². The lowest BCUT2D eigenvalue weighted by molar-refractivity contribution is 0.0482. The Morgan fingerprint density at radius 3 is 3.12 bits per heavy atom. The molecule has 4 heterocycles. The van der Waals surface area contributed by atoms with Crippen LogP contribution in [0.5, 0.6) is 0 Å². The molecule has 0 aromatic carbocycles. The molecule has 8 nitrogen and oxygen atoms in total. The van der Waals surface area contributed by atoms with Crippen LogP contribution in [-0.2, 0) is 4.74 Å². The highest BCUT2D eigenvalue weighted by molar-refractivity contribution is 5.88. The number of aromatic nitrogens is 5. The molecule has 0 N–H and O–H groups in total. The summed E-state index contributed by atoms with van der Waals surface area (Å²) in [7, 11) is 0. The molecule has 1 atom stereocenters. The number of carbonyl (C=O) groups excluding carboxylic acids is 1. The topological polar surface area (TPSA) is 85.5 Å². The quantitative estimate of drug-likeness (QED) is 0.669. The summed E-state index contributed by atoms with van der Waals surface area (Å²) in [5, 5.41) is 4.23. The van der Waals surface area contributed by atoms with E-state index >= 15 is 0 Å². The second-order valence-corrected chi connectivity index (χ2v) is 5.60. The summed E-state index contributed by atoms with van der Waals surface area (Å²) in [6, 6.07) is 5.43. The molecule has 4 rings (SSSR count). The van der Waals surface area contributed by atoms with Crippen LogP contribution < -0.4 is 4.90 Å². The van der Waals surface area contributed by atoms with Crippen LogP contribution in [0, 0.1) is 0 Å². The molecule has 0 unspecified atom stereocenters. The fraction of sp³-hybridized carbons (Fsp3) is 0.312. The van der Waals surface area contributed by atoms with E-state index in [0.717, 1.165) is 25.2 Å². The summed E-state index contributed by atoms with van der Waals surface area (Å²) >= 11 is 0. The number of ether oxygens (including phenoxy) is 1. The molecule has 24 heavy (non-hydrogen) atoms. The van der Waals surface area contributed by atoms with Gasteiger partial charge in [0.05, 0.1) is 11.6 Å². The minimum atomic E-state index is -0.351. The van der Waals surface area contributed by atoms with Gasteiger partial charge in [0.15, 0.2) is 0 Å². The number of hydrogen-bond donors (Lipinski definition) is 0. The van der Waals surface area contributed by atoms with Gasteiger partial charge in [-0.3, -0.25) is 4.98 Å². The molecule has 8 heteroatoms.